The highest BCUT2D eigenvalue weighted by molar-refractivity contribution is 5.99. The predicted molar refractivity (Wildman–Crippen MR) is 88.4 cm³/mol. The van der Waals surface area contributed by atoms with Gasteiger partial charge in [-0.1, -0.05) is 6.92 Å². The highest BCUT2D eigenvalue weighted by atomic mass is 19.1. The number of aliphatic hydroxyl groups is 1. The summed E-state index contributed by atoms with van der Waals surface area (Å²) in [4.78, 5) is 14.1. The predicted octanol–water partition coefficient (Wildman–Crippen LogP) is 2.25. The number of carbonyl (C=O) groups excluding carboxylic acids is 1. The van der Waals surface area contributed by atoms with E-state index in [0.717, 1.165) is 6.07 Å². The van der Waals surface area contributed by atoms with Crippen LogP contribution in [0.3, 0.4) is 0 Å². The van der Waals surface area contributed by atoms with Crippen molar-refractivity contribution in [2.24, 2.45) is 0 Å². The monoisotopic (exact) mass is 354 g/mol. The van der Waals surface area contributed by atoms with Gasteiger partial charge in [-0.05, 0) is 44.0 Å². The largest absolute Gasteiger partial charge is 0.382 e. The molecule has 2 heterocycles. The first-order valence-corrected chi connectivity index (χ1v) is 8.53. The van der Waals surface area contributed by atoms with Gasteiger partial charge < -0.3 is 20.1 Å². The maximum atomic E-state index is 15.7. The number of amides is 1. The van der Waals surface area contributed by atoms with Crippen LogP contribution in [0.2, 0.25) is 0 Å². The number of nitrogens with zero attached hydrogens (tertiary/aromatic N) is 1. The van der Waals surface area contributed by atoms with Gasteiger partial charge in [-0.2, -0.15) is 0 Å². The first kappa shape index (κ1) is 18.2. The van der Waals surface area contributed by atoms with Crippen LogP contribution in [0.25, 0.3) is 0 Å². The average Bonchev–Trinajstić information content (AvgIpc) is 2.93. The molecule has 7 heteroatoms. The summed E-state index contributed by atoms with van der Waals surface area (Å²) in [5.74, 6) is -1.17. The Morgan fingerprint density at radius 1 is 1.44 bits per heavy atom. The molecule has 0 saturated carbocycles. The Labute approximate surface area is 146 Å². The molecule has 0 radical (unpaired) electrons. The molecule has 1 aromatic carbocycles. The summed E-state index contributed by atoms with van der Waals surface area (Å²) < 4.78 is 35.4. The summed E-state index contributed by atoms with van der Waals surface area (Å²) in [7, 11) is 3.26. The molecule has 2 aliphatic heterocycles. The van der Waals surface area contributed by atoms with Gasteiger partial charge in [0, 0.05) is 25.8 Å². The number of halogens is 2. The number of benzene rings is 1. The van der Waals surface area contributed by atoms with Crippen molar-refractivity contribution >= 4 is 5.91 Å². The topological polar surface area (TPSA) is 61.8 Å². The first-order chi connectivity index (χ1) is 11.8. The summed E-state index contributed by atoms with van der Waals surface area (Å²) in [6.07, 6.45) is -0.478. The Morgan fingerprint density at radius 2 is 2.08 bits per heavy atom. The summed E-state index contributed by atoms with van der Waals surface area (Å²) >= 11 is 0. The lowest BCUT2D eigenvalue weighted by Gasteiger charge is -2.45. The molecule has 1 amide bonds. The third kappa shape index (κ3) is 2.74. The third-order valence-electron chi connectivity index (χ3n) is 5.64. The lowest BCUT2D eigenvalue weighted by molar-refractivity contribution is -0.136. The quantitative estimate of drug-likeness (QED) is 0.871. The van der Waals surface area contributed by atoms with Gasteiger partial charge in [-0.25, -0.2) is 8.78 Å². The normalized spacial score (nSPS) is 25.4. The van der Waals surface area contributed by atoms with Crippen molar-refractivity contribution in [3.8, 4) is 0 Å². The van der Waals surface area contributed by atoms with Gasteiger partial charge in [0.1, 0.15) is 17.1 Å². The number of methoxy groups -OCH3 is 1. The Balaban J connectivity index is 2.07. The minimum atomic E-state index is -1.87. The van der Waals surface area contributed by atoms with Crippen molar-refractivity contribution in [3.63, 3.8) is 0 Å². The number of alkyl halides is 1. The molecule has 2 N–H and O–H groups in total. The molecule has 5 nitrogen and oxygen atoms in total. The summed E-state index contributed by atoms with van der Waals surface area (Å²) in [5.41, 5.74) is -3.43. The molecule has 2 atom stereocenters. The number of piperidine rings is 1. The number of likely N-dealkylation sites (tertiary alicyclic amines) is 1. The number of carbonyl (C=O) groups is 1. The van der Waals surface area contributed by atoms with E-state index >= 15 is 4.39 Å². The van der Waals surface area contributed by atoms with Crippen molar-refractivity contribution < 1.29 is 23.4 Å². The van der Waals surface area contributed by atoms with Crippen LogP contribution in [0.1, 0.15) is 53.9 Å². The zero-order valence-corrected chi connectivity index (χ0v) is 14.7. The Bertz CT molecular complexity index is 689. The number of hydrogen-bond donors (Lipinski definition) is 2. The molecule has 0 spiro atoms. The molecular formula is C18H24F2N2O3. The Hall–Kier alpha value is -1.57. The number of ether oxygens (including phenoxy) is 1. The average molecular weight is 354 g/mol. The molecular weight excluding hydrogens is 330 g/mol. The minimum Gasteiger partial charge on any atom is -0.382 e. The van der Waals surface area contributed by atoms with Gasteiger partial charge >= 0.3 is 0 Å². The van der Waals surface area contributed by atoms with Gasteiger partial charge in [0.25, 0.3) is 5.91 Å². The van der Waals surface area contributed by atoms with Gasteiger partial charge in [0.05, 0.1) is 5.56 Å². The zero-order valence-electron chi connectivity index (χ0n) is 14.7. The molecule has 0 bridgehead atoms. The van der Waals surface area contributed by atoms with E-state index in [1.54, 1.807) is 6.92 Å². The summed E-state index contributed by atoms with van der Waals surface area (Å²) in [5, 5.41) is 13.7. The number of fused-ring (bicyclic) bond motifs is 1. The molecule has 1 saturated heterocycles. The van der Waals surface area contributed by atoms with Crippen LogP contribution in [-0.2, 0) is 10.3 Å². The second-order valence-corrected chi connectivity index (χ2v) is 6.99. The third-order valence-corrected chi connectivity index (χ3v) is 5.64. The molecule has 138 valence electrons. The van der Waals surface area contributed by atoms with Crippen molar-refractivity contribution in [2.45, 2.75) is 43.7 Å². The molecule has 2 unspecified atom stereocenters. The van der Waals surface area contributed by atoms with Gasteiger partial charge in [0.2, 0.25) is 0 Å². The number of hydrogen-bond acceptors (Lipinski definition) is 4. The fourth-order valence-corrected chi connectivity index (χ4v) is 3.92. The van der Waals surface area contributed by atoms with Crippen LogP contribution >= 0.6 is 0 Å². The van der Waals surface area contributed by atoms with E-state index in [1.807, 2.05) is 11.9 Å². The van der Waals surface area contributed by atoms with Crippen molar-refractivity contribution in [3.05, 3.63) is 34.6 Å². The standard InChI is InChI=1S/C18H24F2N2O3/c1-4-18(24,17(20)5-7-22(2)8-6-17)11-9-12-14(13(19)10-11)16(25-3)21-15(12)23/h9-10,16,24H,4-8H2,1-3H3,(H,21,23). The van der Waals surface area contributed by atoms with Crippen molar-refractivity contribution in [1.29, 1.82) is 0 Å². The summed E-state index contributed by atoms with van der Waals surface area (Å²) in [6.45, 7) is 2.69. The number of rotatable bonds is 4. The van der Waals surface area contributed by atoms with E-state index < -0.39 is 29.2 Å². The second-order valence-electron chi connectivity index (χ2n) is 6.99. The smallest absolute Gasteiger partial charge is 0.254 e. The molecule has 25 heavy (non-hydrogen) atoms. The minimum absolute atomic E-state index is 0.0841. The second kappa shape index (κ2) is 6.30. The van der Waals surface area contributed by atoms with E-state index in [-0.39, 0.29) is 36.0 Å². The van der Waals surface area contributed by atoms with E-state index in [4.69, 9.17) is 4.74 Å². The Morgan fingerprint density at radius 3 is 2.64 bits per heavy atom. The molecule has 0 aromatic heterocycles. The highest BCUT2D eigenvalue weighted by Gasteiger charge is 2.53. The van der Waals surface area contributed by atoms with Crippen molar-refractivity contribution in [1.82, 2.24) is 10.2 Å². The van der Waals surface area contributed by atoms with Gasteiger partial charge in [-0.15, -0.1) is 0 Å². The first-order valence-electron chi connectivity index (χ1n) is 8.53. The van der Waals surface area contributed by atoms with Crippen LogP contribution in [0, 0.1) is 5.82 Å². The fourth-order valence-electron chi connectivity index (χ4n) is 3.92. The highest BCUT2D eigenvalue weighted by Crippen LogP contribution is 2.46. The lowest BCUT2D eigenvalue weighted by atomic mass is 9.71. The van der Waals surface area contributed by atoms with Crippen LogP contribution in [0.4, 0.5) is 8.78 Å². The van der Waals surface area contributed by atoms with Crippen LogP contribution in [0.5, 0.6) is 0 Å². The fraction of sp³-hybridized carbons (Fsp3) is 0.611. The van der Waals surface area contributed by atoms with Crippen LogP contribution in [-0.4, -0.2) is 48.8 Å². The SMILES string of the molecule is CCC(O)(c1cc(F)c2c(c1)C(=O)NC2OC)C1(F)CCN(C)CC1. The zero-order chi connectivity index (χ0) is 18.4. The van der Waals surface area contributed by atoms with E-state index in [2.05, 4.69) is 5.32 Å². The van der Waals surface area contributed by atoms with Gasteiger partial charge in [0.15, 0.2) is 6.23 Å². The molecule has 0 aliphatic carbocycles. The number of nitrogens with one attached hydrogen (secondary N) is 1. The molecule has 1 aromatic rings. The Kier molecular flexibility index (Phi) is 4.59. The van der Waals surface area contributed by atoms with Crippen LogP contribution in [0.15, 0.2) is 12.1 Å². The molecule has 3 rings (SSSR count). The lowest BCUT2D eigenvalue weighted by Crippen LogP contribution is -2.54. The van der Waals surface area contributed by atoms with E-state index in [1.165, 1.54) is 13.2 Å². The van der Waals surface area contributed by atoms with Crippen molar-refractivity contribution in [2.75, 3.05) is 27.2 Å². The van der Waals surface area contributed by atoms with E-state index in [0.29, 0.717) is 13.1 Å². The molecule has 1 fully saturated rings. The maximum absolute atomic E-state index is 15.7. The van der Waals surface area contributed by atoms with Crippen LogP contribution < -0.4 is 5.32 Å². The van der Waals surface area contributed by atoms with E-state index in [9.17, 15) is 14.3 Å². The van der Waals surface area contributed by atoms with Gasteiger partial charge in [-0.3, -0.25) is 4.79 Å². The summed E-state index contributed by atoms with van der Waals surface area (Å²) in [6, 6.07) is 2.53. The maximum Gasteiger partial charge on any atom is 0.254 e. The molecule has 2 aliphatic rings.